The minimum Gasteiger partial charge on any atom is -0.325 e. The van der Waals surface area contributed by atoms with Crippen molar-refractivity contribution in [2.45, 2.75) is 12.8 Å². The summed E-state index contributed by atoms with van der Waals surface area (Å²) in [6.45, 7) is 0. The van der Waals surface area contributed by atoms with Crippen molar-refractivity contribution in [3.63, 3.8) is 0 Å². The number of amides is 2. The number of hydrogen-bond acceptors (Lipinski definition) is 4. The first-order chi connectivity index (χ1) is 13.1. The van der Waals surface area contributed by atoms with Crippen molar-refractivity contribution in [2.75, 3.05) is 10.6 Å². The van der Waals surface area contributed by atoms with Gasteiger partial charge in [0.05, 0.1) is 22.8 Å². The number of fused-ring (bicyclic) bond motifs is 1. The molecule has 132 valence electrons. The molecule has 2 aromatic carbocycles. The Balaban J connectivity index is 1.54. The van der Waals surface area contributed by atoms with E-state index in [1.165, 1.54) is 0 Å². The minimum atomic E-state index is -1.08. The van der Waals surface area contributed by atoms with Crippen molar-refractivity contribution in [3.05, 3.63) is 66.4 Å². The lowest BCUT2D eigenvalue weighted by Crippen LogP contribution is -2.35. The molecule has 1 saturated carbocycles. The Kier molecular flexibility index (Phi) is 4.05. The van der Waals surface area contributed by atoms with Crippen LogP contribution in [0.25, 0.3) is 10.9 Å². The van der Waals surface area contributed by atoms with E-state index in [4.69, 9.17) is 5.26 Å². The molecule has 0 atom stereocenters. The van der Waals surface area contributed by atoms with Crippen molar-refractivity contribution in [1.82, 2.24) is 4.98 Å². The Morgan fingerprint density at radius 2 is 1.74 bits per heavy atom. The van der Waals surface area contributed by atoms with E-state index in [0.29, 0.717) is 35.3 Å². The second-order valence-electron chi connectivity index (χ2n) is 6.56. The molecule has 1 aliphatic rings. The maximum Gasteiger partial charge on any atom is 0.240 e. The van der Waals surface area contributed by atoms with E-state index in [2.05, 4.69) is 15.6 Å². The highest BCUT2D eigenvalue weighted by molar-refractivity contribution is 6.18. The SMILES string of the molecule is N#Cc1cccc(NC(=O)C2(C(=O)Nc3cccc4cccnc34)CC2)c1. The predicted molar refractivity (Wildman–Crippen MR) is 102 cm³/mol. The maximum absolute atomic E-state index is 12.8. The summed E-state index contributed by atoms with van der Waals surface area (Å²) >= 11 is 0. The molecule has 1 heterocycles. The van der Waals surface area contributed by atoms with Gasteiger partial charge in [0.2, 0.25) is 11.8 Å². The zero-order chi connectivity index (χ0) is 18.9. The number of rotatable bonds is 4. The second kappa shape index (κ2) is 6.54. The van der Waals surface area contributed by atoms with Gasteiger partial charge in [0.15, 0.2) is 0 Å². The summed E-state index contributed by atoms with van der Waals surface area (Å²) in [6.07, 6.45) is 2.64. The summed E-state index contributed by atoms with van der Waals surface area (Å²) < 4.78 is 0. The Morgan fingerprint density at radius 3 is 2.52 bits per heavy atom. The fourth-order valence-corrected chi connectivity index (χ4v) is 3.05. The van der Waals surface area contributed by atoms with Crippen LogP contribution < -0.4 is 10.6 Å². The number of pyridine rings is 1. The van der Waals surface area contributed by atoms with Gasteiger partial charge in [0, 0.05) is 17.3 Å². The summed E-state index contributed by atoms with van der Waals surface area (Å²) in [5.41, 5.74) is 1.14. The van der Waals surface area contributed by atoms with Crippen LogP contribution in [0.5, 0.6) is 0 Å². The van der Waals surface area contributed by atoms with Crippen LogP contribution in [0, 0.1) is 16.7 Å². The number of nitriles is 1. The third kappa shape index (κ3) is 3.11. The van der Waals surface area contributed by atoms with Gasteiger partial charge in [-0.3, -0.25) is 14.6 Å². The van der Waals surface area contributed by atoms with Crippen LogP contribution in [-0.2, 0) is 9.59 Å². The second-order valence-corrected chi connectivity index (χ2v) is 6.56. The summed E-state index contributed by atoms with van der Waals surface area (Å²) in [5, 5.41) is 15.5. The van der Waals surface area contributed by atoms with E-state index in [0.717, 1.165) is 5.39 Å². The molecule has 4 rings (SSSR count). The molecule has 6 heteroatoms. The number of aromatic nitrogens is 1. The van der Waals surface area contributed by atoms with Crippen molar-refractivity contribution in [1.29, 1.82) is 5.26 Å². The largest absolute Gasteiger partial charge is 0.325 e. The predicted octanol–water partition coefficient (Wildman–Crippen LogP) is 3.46. The maximum atomic E-state index is 12.8. The molecule has 6 nitrogen and oxygen atoms in total. The highest BCUT2D eigenvalue weighted by Gasteiger charge is 2.56. The molecule has 1 fully saturated rings. The first-order valence-corrected chi connectivity index (χ1v) is 8.59. The highest BCUT2D eigenvalue weighted by Crippen LogP contribution is 2.47. The highest BCUT2D eigenvalue weighted by atomic mass is 16.2. The Hall–Kier alpha value is -3.72. The smallest absolute Gasteiger partial charge is 0.240 e. The number of hydrogen-bond donors (Lipinski definition) is 2. The Labute approximate surface area is 155 Å². The number of nitrogens with one attached hydrogen (secondary N) is 2. The molecule has 3 aromatic rings. The summed E-state index contributed by atoms with van der Waals surface area (Å²) in [5.74, 6) is -0.696. The van der Waals surface area contributed by atoms with E-state index >= 15 is 0 Å². The lowest BCUT2D eigenvalue weighted by Gasteiger charge is -2.16. The molecular formula is C21H16N4O2. The lowest BCUT2D eigenvalue weighted by molar-refractivity contribution is -0.131. The molecule has 1 aromatic heterocycles. The molecule has 2 amide bonds. The Bertz CT molecular complexity index is 1090. The molecule has 2 N–H and O–H groups in total. The van der Waals surface area contributed by atoms with Gasteiger partial charge in [-0.05, 0) is 43.2 Å². The van der Waals surface area contributed by atoms with Crippen LogP contribution in [0.4, 0.5) is 11.4 Å². The van der Waals surface area contributed by atoms with Gasteiger partial charge >= 0.3 is 0 Å². The zero-order valence-electron chi connectivity index (χ0n) is 14.4. The molecule has 0 bridgehead atoms. The lowest BCUT2D eigenvalue weighted by atomic mass is 10.0. The third-order valence-electron chi connectivity index (χ3n) is 4.75. The van der Waals surface area contributed by atoms with Crippen molar-refractivity contribution in [3.8, 4) is 6.07 Å². The number of para-hydroxylation sites is 1. The summed E-state index contributed by atoms with van der Waals surface area (Å²) in [4.78, 5) is 29.9. The van der Waals surface area contributed by atoms with Crippen LogP contribution >= 0.6 is 0 Å². The van der Waals surface area contributed by atoms with Crippen molar-refractivity contribution in [2.24, 2.45) is 5.41 Å². The third-order valence-corrected chi connectivity index (χ3v) is 4.75. The van der Waals surface area contributed by atoms with E-state index < -0.39 is 5.41 Å². The monoisotopic (exact) mass is 356 g/mol. The van der Waals surface area contributed by atoms with Gasteiger partial charge in [-0.2, -0.15) is 5.26 Å². The van der Waals surface area contributed by atoms with Crippen molar-refractivity contribution >= 4 is 34.1 Å². The summed E-state index contributed by atoms with van der Waals surface area (Å²) in [7, 11) is 0. The zero-order valence-corrected chi connectivity index (χ0v) is 14.4. The molecule has 27 heavy (non-hydrogen) atoms. The van der Waals surface area contributed by atoms with E-state index in [-0.39, 0.29) is 11.8 Å². The molecule has 0 aliphatic heterocycles. The molecule has 0 unspecified atom stereocenters. The number of carbonyl (C=O) groups excluding carboxylic acids is 2. The molecule has 0 spiro atoms. The first kappa shape index (κ1) is 16.7. The average Bonchev–Trinajstić information content (AvgIpc) is 3.51. The Morgan fingerprint density at radius 1 is 1.00 bits per heavy atom. The number of carbonyl (C=O) groups is 2. The van der Waals surface area contributed by atoms with Crippen molar-refractivity contribution < 1.29 is 9.59 Å². The van der Waals surface area contributed by atoms with Crippen LogP contribution in [0.3, 0.4) is 0 Å². The normalized spacial score (nSPS) is 14.2. The number of nitrogens with zero attached hydrogens (tertiary/aromatic N) is 2. The van der Waals surface area contributed by atoms with Gasteiger partial charge in [-0.15, -0.1) is 0 Å². The topological polar surface area (TPSA) is 94.9 Å². The van der Waals surface area contributed by atoms with Gasteiger partial charge in [0.1, 0.15) is 5.41 Å². The molecule has 0 radical (unpaired) electrons. The molecular weight excluding hydrogens is 340 g/mol. The van der Waals surface area contributed by atoms with Crippen LogP contribution in [0.15, 0.2) is 60.8 Å². The van der Waals surface area contributed by atoms with Gasteiger partial charge in [-0.1, -0.05) is 24.3 Å². The minimum absolute atomic E-state index is 0.338. The molecule has 1 aliphatic carbocycles. The summed E-state index contributed by atoms with van der Waals surface area (Å²) in [6, 6.07) is 17.9. The van der Waals surface area contributed by atoms with E-state index in [1.807, 2.05) is 30.3 Å². The van der Waals surface area contributed by atoms with Gasteiger partial charge < -0.3 is 10.6 Å². The molecule has 0 saturated heterocycles. The first-order valence-electron chi connectivity index (χ1n) is 8.59. The van der Waals surface area contributed by atoms with E-state index in [1.54, 1.807) is 36.5 Å². The fraction of sp³-hybridized carbons (Fsp3) is 0.143. The average molecular weight is 356 g/mol. The van der Waals surface area contributed by atoms with Crippen LogP contribution in [0.1, 0.15) is 18.4 Å². The van der Waals surface area contributed by atoms with Crippen LogP contribution in [0.2, 0.25) is 0 Å². The number of anilines is 2. The van der Waals surface area contributed by atoms with E-state index in [9.17, 15) is 9.59 Å². The van der Waals surface area contributed by atoms with Gasteiger partial charge in [-0.25, -0.2) is 0 Å². The number of benzene rings is 2. The van der Waals surface area contributed by atoms with Gasteiger partial charge in [0.25, 0.3) is 0 Å². The van der Waals surface area contributed by atoms with Crippen LogP contribution in [-0.4, -0.2) is 16.8 Å². The standard InChI is InChI=1S/C21H16N4O2/c22-13-14-4-1-7-16(12-14)24-19(26)21(9-10-21)20(27)25-17-8-2-5-15-6-3-11-23-18(15)17/h1-8,11-12H,9-10H2,(H,24,26)(H,25,27). The fourth-order valence-electron chi connectivity index (χ4n) is 3.05. The quantitative estimate of drug-likeness (QED) is 0.700.